The van der Waals surface area contributed by atoms with Crippen molar-refractivity contribution in [1.82, 2.24) is 20.3 Å². The van der Waals surface area contributed by atoms with E-state index in [1.165, 1.54) is 44.2 Å². The van der Waals surface area contributed by atoms with Gasteiger partial charge < -0.3 is 26.0 Å². The second kappa shape index (κ2) is 12.7. The van der Waals surface area contributed by atoms with Gasteiger partial charge in [0.25, 0.3) is 0 Å². The summed E-state index contributed by atoms with van der Waals surface area (Å²) in [5.41, 5.74) is 0.407. The van der Waals surface area contributed by atoms with E-state index in [9.17, 15) is 12.8 Å². The van der Waals surface area contributed by atoms with Crippen molar-refractivity contribution in [2.24, 2.45) is 5.92 Å². The average Bonchev–Trinajstić information content (AvgIpc) is 3.40. The second-order valence-corrected chi connectivity index (χ2v) is 12.1. The standard InChI is InChI=1S/C25H38FN7O3S/c1-3-20(21-10-7-13-27-21)30-25-32-23(28-15-17-8-5-4-6-9-17)31-24(33-25)29-18-11-12-22(19(26)14-18)36-16-37(2,34)35/h11-12,14,17,20-21,27H,3-10,13,15-16H2,1-2H3,(H3,28,29,30,31,32,33). The normalized spacial score (nSPS) is 19.4. The van der Waals surface area contributed by atoms with Gasteiger partial charge in [-0.25, -0.2) is 12.8 Å². The Kier molecular flexibility index (Phi) is 9.36. The summed E-state index contributed by atoms with van der Waals surface area (Å²) in [6.45, 7) is 3.94. The molecular weight excluding hydrogens is 497 g/mol. The van der Waals surface area contributed by atoms with Gasteiger partial charge in [-0.15, -0.1) is 0 Å². The number of nitrogens with zero attached hydrogens (tertiary/aromatic N) is 3. The van der Waals surface area contributed by atoms with Crippen LogP contribution in [0.5, 0.6) is 5.75 Å². The topological polar surface area (TPSA) is 130 Å². The smallest absolute Gasteiger partial charge is 0.233 e. The predicted molar refractivity (Wildman–Crippen MR) is 144 cm³/mol. The fourth-order valence-corrected chi connectivity index (χ4v) is 5.25. The van der Waals surface area contributed by atoms with Crippen LogP contribution in [0.3, 0.4) is 0 Å². The molecule has 10 nitrogen and oxygen atoms in total. The lowest BCUT2D eigenvalue weighted by molar-refractivity contribution is 0.356. The summed E-state index contributed by atoms with van der Waals surface area (Å²) in [5, 5.41) is 13.4. The van der Waals surface area contributed by atoms with Crippen LogP contribution in [0.1, 0.15) is 58.3 Å². The van der Waals surface area contributed by atoms with Crippen LogP contribution >= 0.6 is 0 Å². The van der Waals surface area contributed by atoms with Gasteiger partial charge in [-0.2, -0.15) is 15.0 Å². The molecule has 2 aromatic rings. The lowest BCUT2D eigenvalue weighted by atomic mass is 9.89. The first kappa shape index (κ1) is 27.3. The van der Waals surface area contributed by atoms with Crippen molar-refractivity contribution in [2.75, 3.05) is 41.2 Å². The minimum atomic E-state index is -3.39. The molecule has 12 heteroatoms. The van der Waals surface area contributed by atoms with Crippen LogP contribution in [-0.2, 0) is 9.84 Å². The summed E-state index contributed by atoms with van der Waals surface area (Å²) in [4.78, 5) is 13.7. The summed E-state index contributed by atoms with van der Waals surface area (Å²) in [6, 6.07) is 4.72. The number of hydrogen-bond donors (Lipinski definition) is 4. The van der Waals surface area contributed by atoms with Gasteiger partial charge >= 0.3 is 0 Å². The Morgan fingerprint density at radius 1 is 1.08 bits per heavy atom. The summed E-state index contributed by atoms with van der Waals surface area (Å²) < 4.78 is 42.3. The van der Waals surface area contributed by atoms with Crippen molar-refractivity contribution in [2.45, 2.75) is 70.4 Å². The molecule has 1 aromatic heterocycles. The molecule has 1 aliphatic heterocycles. The maximum Gasteiger partial charge on any atom is 0.233 e. The maximum atomic E-state index is 14.6. The van der Waals surface area contributed by atoms with Gasteiger partial charge in [0.05, 0.1) is 0 Å². The molecule has 2 atom stereocenters. The molecule has 2 fully saturated rings. The maximum absolute atomic E-state index is 14.6. The predicted octanol–water partition coefficient (Wildman–Crippen LogP) is 4.07. The quantitative estimate of drug-likeness (QED) is 0.315. The zero-order valence-corrected chi connectivity index (χ0v) is 22.4. The van der Waals surface area contributed by atoms with Gasteiger partial charge in [-0.1, -0.05) is 26.2 Å². The highest BCUT2D eigenvalue weighted by atomic mass is 32.2. The molecule has 1 aliphatic carbocycles. The number of hydrogen-bond acceptors (Lipinski definition) is 10. The molecule has 0 spiro atoms. The number of aromatic nitrogens is 3. The van der Waals surface area contributed by atoms with E-state index in [4.69, 9.17) is 4.74 Å². The molecule has 37 heavy (non-hydrogen) atoms. The van der Waals surface area contributed by atoms with Crippen molar-refractivity contribution in [3.63, 3.8) is 0 Å². The Bertz CT molecular complexity index is 1140. The lowest BCUT2D eigenvalue weighted by Crippen LogP contribution is -2.40. The van der Waals surface area contributed by atoms with E-state index in [0.29, 0.717) is 29.5 Å². The lowest BCUT2D eigenvalue weighted by Gasteiger charge is -2.24. The van der Waals surface area contributed by atoms with Crippen LogP contribution in [0.2, 0.25) is 0 Å². The third-order valence-corrected chi connectivity index (χ3v) is 7.41. The van der Waals surface area contributed by atoms with Gasteiger partial charge in [0.15, 0.2) is 27.3 Å². The van der Waals surface area contributed by atoms with Crippen LogP contribution in [0.4, 0.5) is 27.9 Å². The Labute approximate surface area is 218 Å². The number of nitrogens with one attached hydrogen (secondary N) is 4. The van der Waals surface area contributed by atoms with E-state index in [1.54, 1.807) is 6.07 Å². The Balaban J connectivity index is 1.51. The van der Waals surface area contributed by atoms with Crippen LogP contribution in [-0.4, -0.2) is 60.7 Å². The number of anilines is 4. The van der Waals surface area contributed by atoms with E-state index in [-0.39, 0.29) is 17.7 Å². The van der Waals surface area contributed by atoms with E-state index >= 15 is 0 Å². The minimum Gasteiger partial charge on any atom is -0.475 e. The van der Waals surface area contributed by atoms with Gasteiger partial charge in [0.1, 0.15) is 0 Å². The monoisotopic (exact) mass is 535 g/mol. The van der Waals surface area contributed by atoms with Crippen molar-refractivity contribution in [1.29, 1.82) is 0 Å². The number of sulfone groups is 1. The number of benzene rings is 1. The van der Waals surface area contributed by atoms with Gasteiger partial charge in [0, 0.05) is 36.6 Å². The highest BCUT2D eigenvalue weighted by Gasteiger charge is 2.24. The number of ether oxygens (including phenoxy) is 1. The van der Waals surface area contributed by atoms with Crippen molar-refractivity contribution in [3.05, 3.63) is 24.0 Å². The number of rotatable bonds is 12. The molecule has 4 N–H and O–H groups in total. The third-order valence-electron chi connectivity index (χ3n) is 6.86. The first-order valence-electron chi connectivity index (χ1n) is 13.2. The largest absolute Gasteiger partial charge is 0.475 e. The molecule has 1 aromatic carbocycles. The van der Waals surface area contributed by atoms with Gasteiger partial charge in [0.2, 0.25) is 17.8 Å². The summed E-state index contributed by atoms with van der Waals surface area (Å²) in [5.74, 6) is 0.379. The summed E-state index contributed by atoms with van der Waals surface area (Å²) >= 11 is 0. The first-order valence-corrected chi connectivity index (χ1v) is 15.2. The van der Waals surface area contributed by atoms with Gasteiger partial charge in [-0.05, 0) is 56.7 Å². The van der Waals surface area contributed by atoms with Crippen molar-refractivity contribution >= 4 is 33.4 Å². The molecule has 2 aliphatic rings. The Morgan fingerprint density at radius 3 is 2.51 bits per heavy atom. The molecule has 2 heterocycles. The van der Waals surface area contributed by atoms with Crippen LogP contribution < -0.4 is 26.0 Å². The molecule has 1 saturated carbocycles. The molecule has 2 unspecified atom stereocenters. The minimum absolute atomic E-state index is 0.140. The summed E-state index contributed by atoms with van der Waals surface area (Å²) in [7, 11) is -3.39. The number of halogens is 1. The second-order valence-electron chi connectivity index (χ2n) is 10.0. The summed E-state index contributed by atoms with van der Waals surface area (Å²) in [6.07, 6.45) is 10.4. The first-order chi connectivity index (χ1) is 17.8. The van der Waals surface area contributed by atoms with E-state index in [1.807, 2.05) is 0 Å². The highest BCUT2D eigenvalue weighted by Crippen LogP contribution is 2.26. The van der Waals surface area contributed by atoms with E-state index < -0.39 is 21.6 Å². The fraction of sp³-hybridized carbons (Fsp3) is 0.640. The SMILES string of the molecule is CCC(Nc1nc(NCC2CCCCC2)nc(Nc2ccc(OCS(C)(=O)=O)c(F)c2)n1)C1CCCN1. The van der Waals surface area contributed by atoms with Crippen molar-refractivity contribution in [3.8, 4) is 5.75 Å². The molecule has 4 rings (SSSR count). The Hall–Kier alpha value is -2.73. The van der Waals surface area contributed by atoms with Crippen molar-refractivity contribution < 1.29 is 17.5 Å². The van der Waals surface area contributed by atoms with E-state index in [2.05, 4.69) is 43.1 Å². The molecule has 0 amide bonds. The van der Waals surface area contributed by atoms with Gasteiger partial charge in [-0.3, -0.25) is 0 Å². The molecule has 0 radical (unpaired) electrons. The van der Waals surface area contributed by atoms with Crippen LogP contribution in [0, 0.1) is 11.7 Å². The molecule has 1 saturated heterocycles. The average molecular weight is 536 g/mol. The third kappa shape index (κ3) is 8.39. The molecule has 0 bridgehead atoms. The highest BCUT2D eigenvalue weighted by molar-refractivity contribution is 7.90. The Morgan fingerprint density at radius 2 is 1.84 bits per heavy atom. The molecule has 204 valence electrons. The van der Waals surface area contributed by atoms with Crippen LogP contribution in [0.25, 0.3) is 0 Å². The molecular formula is C25H38FN7O3S. The zero-order chi connectivity index (χ0) is 26.3. The van der Waals surface area contributed by atoms with Crippen LogP contribution in [0.15, 0.2) is 18.2 Å². The van der Waals surface area contributed by atoms with E-state index in [0.717, 1.165) is 38.6 Å². The zero-order valence-electron chi connectivity index (χ0n) is 21.6. The fourth-order valence-electron chi connectivity index (χ4n) is 4.91.